The van der Waals surface area contributed by atoms with E-state index in [0.717, 1.165) is 52.2 Å². The molecule has 1 heterocycles. The van der Waals surface area contributed by atoms with Crippen molar-refractivity contribution < 1.29 is 9.53 Å². The van der Waals surface area contributed by atoms with Gasteiger partial charge in [-0.2, -0.15) is 0 Å². The van der Waals surface area contributed by atoms with Crippen LogP contribution in [-0.2, 0) is 22.6 Å². The van der Waals surface area contributed by atoms with E-state index in [1.165, 1.54) is 11.1 Å². The van der Waals surface area contributed by atoms with Crippen LogP contribution < -0.4 is 10.6 Å². The van der Waals surface area contributed by atoms with Gasteiger partial charge in [-0.1, -0.05) is 37.6 Å². The predicted octanol–water partition coefficient (Wildman–Crippen LogP) is 1.44. The molecular formula is C21H35N5O2. The molecule has 0 atom stereocenters. The highest BCUT2D eigenvalue weighted by molar-refractivity contribution is 5.86. The number of likely N-dealkylation sites (N-methyl/N-ethyl adjacent to an activating group) is 1. The molecule has 7 heteroatoms. The van der Waals surface area contributed by atoms with Crippen molar-refractivity contribution in [3.05, 3.63) is 35.4 Å². The number of guanidine groups is 1. The second kappa shape index (κ2) is 12.4. The van der Waals surface area contributed by atoms with Crippen LogP contribution in [0.2, 0.25) is 0 Å². The van der Waals surface area contributed by atoms with E-state index in [2.05, 4.69) is 46.7 Å². The summed E-state index contributed by atoms with van der Waals surface area (Å²) in [6.45, 7) is 8.27. The predicted molar refractivity (Wildman–Crippen MR) is 113 cm³/mol. The number of hydrogen-bond donors (Lipinski definition) is 2. The van der Waals surface area contributed by atoms with Crippen LogP contribution in [0.4, 0.5) is 0 Å². The Kier molecular flexibility index (Phi) is 9.79. The quantitative estimate of drug-likeness (QED) is 0.380. The van der Waals surface area contributed by atoms with Gasteiger partial charge >= 0.3 is 0 Å². The first-order chi connectivity index (χ1) is 13.6. The summed E-state index contributed by atoms with van der Waals surface area (Å²) < 4.78 is 5.45. The summed E-state index contributed by atoms with van der Waals surface area (Å²) in [6.07, 6.45) is 2.18. The van der Waals surface area contributed by atoms with Crippen molar-refractivity contribution in [2.75, 3.05) is 53.5 Å². The van der Waals surface area contributed by atoms with Crippen LogP contribution in [0.15, 0.2) is 29.3 Å². The smallest absolute Gasteiger partial charge is 0.241 e. The number of carbonyl (C=O) groups excluding carboxylic acids is 1. The first-order valence-corrected chi connectivity index (χ1v) is 10.2. The van der Waals surface area contributed by atoms with Gasteiger partial charge in [0.15, 0.2) is 5.96 Å². The highest BCUT2D eigenvalue weighted by Crippen LogP contribution is 2.14. The minimum Gasteiger partial charge on any atom is -0.379 e. The second-order valence-corrected chi connectivity index (χ2v) is 7.24. The molecule has 1 fully saturated rings. The van der Waals surface area contributed by atoms with E-state index >= 15 is 0 Å². The summed E-state index contributed by atoms with van der Waals surface area (Å²) in [4.78, 5) is 20.6. The minimum absolute atomic E-state index is 0.0257. The van der Waals surface area contributed by atoms with Crippen LogP contribution in [0.1, 0.15) is 30.9 Å². The van der Waals surface area contributed by atoms with E-state index in [1.54, 1.807) is 19.0 Å². The lowest BCUT2D eigenvalue weighted by Crippen LogP contribution is -2.43. The van der Waals surface area contributed by atoms with Gasteiger partial charge in [-0.05, 0) is 17.5 Å². The van der Waals surface area contributed by atoms with E-state index in [0.29, 0.717) is 12.5 Å². The molecule has 0 unspecified atom stereocenters. The van der Waals surface area contributed by atoms with Crippen molar-refractivity contribution in [2.24, 2.45) is 4.99 Å². The Morgan fingerprint density at radius 2 is 1.89 bits per heavy atom. The molecule has 1 aromatic carbocycles. The number of benzene rings is 1. The van der Waals surface area contributed by atoms with Gasteiger partial charge in [0.05, 0.1) is 26.3 Å². The summed E-state index contributed by atoms with van der Waals surface area (Å²) in [5, 5.41) is 6.48. The molecule has 0 aromatic heterocycles. The maximum atomic E-state index is 11.9. The normalized spacial score (nSPS) is 15.3. The average Bonchev–Trinajstić information content (AvgIpc) is 2.71. The molecule has 0 saturated carbocycles. The Balaban J connectivity index is 2.01. The van der Waals surface area contributed by atoms with Gasteiger partial charge in [0.25, 0.3) is 0 Å². The third-order valence-corrected chi connectivity index (χ3v) is 4.75. The maximum absolute atomic E-state index is 11.9. The summed E-state index contributed by atoms with van der Waals surface area (Å²) in [6, 6.07) is 8.44. The van der Waals surface area contributed by atoms with Gasteiger partial charge < -0.3 is 20.3 Å². The average molecular weight is 390 g/mol. The molecule has 0 aliphatic carbocycles. The van der Waals surface area contributed by atoms with Gasteiger partial charge in [-0.15, -0.1) is 0 Å². The number of ether oxygens (including phenoxy) is 1. The topological polar surface area (TPSA) is 69.2 Å². The van der Waals surface area contributed by atoms with Crippen LogP contribution in [-0.4, -0.2) is 75.2 Å². The van der Waals surface area contributed by atoms with E-state index in [4.69, 9.17) is 9.73 Å². The largest absolute Gasteiger partial charge is 0.379 e. The van der Waals surface area contributed by atoms with Crippen molar-refractivity contribution in [1.82, 2.24) is 20.4 Å². The van der Waals surface area contributed by atoms with Gasteiger partial charge in [0.2, 0.25) is 5.91 Å². The molecule has 1 aliphatic rings. The Morgan fingerprint density at radius 3 is 2.57 bits per heavy atom. The summed E-state index contributed by atoms with van der Waals surface area (Å²) >= 11 is 0. The number of nitrogens with one attached hydrogen (secondary N) is 2. The summed E-state index contributed by atoms with van der Waals surface area (Å²) in [5.74, 6) is 0.711. The third kappa shape index (κ3) is 7.86. The van der Waals surface area contributed by atoms with Crippen LogP contribution >= 0.6 is 0 Å². The molecule has 156 valence electrons. The molecule has 2 rings (SSSR count). The molecule has 2 N–H and O–H groups in total. The first kappa shape index (κ1) is 22.2. The molecule has 1 amide bonds. The molecular weight excluding hydrogens is 354 g/mol. The number of carbonyl (C=O) groups is 1. The fraction of sp³-hybridized carbons (Fsp3) is 0.619. The molecule has 1 aromatic rings. The number of unbranched alkanes of at least 4 members (excludes halogenated alkanes) is 1. The minimum atomic E-state index is 0.0257. The zero-order valence-electron chi connectivity index (χ0n) is 17.5. The monoisotopic (exact) mass is 389 g/mol. The maximum Gasteiger partial charge on any atom is 0.241 e. The van der Waals surface area contributed by atoms with Gasteiger partial charge in [0.1, 0.15) is 0 Å². The van der Waals surface area contributed by atoms with Gasteiger partial charge in [-0.3, -0.25) is 9.69 Å². The van der Waals surface area contributed by atoms with Gasteiger partial charge in [-0.25, -0.2) is 4.99 Å². The Hall–Kier alpha value is -2.12. The van der Waals surface area contributed by atoms with Crippen LogP contribution in [0.3, 0.4) is 0 Å². The molecule has 0 radical (unpaired) electrons. The van der Waals surface area contributed by atoms with Crippen molar-refractivity contribution in [1.29, 1.82) is 0 Å². The lowest BCUT2D eigenvalue weighted by atomic mass is 10.1. The zero-order valence-corrected chi connectivity index (χ0v) is 17.5. The lowest BCUT2D eigenvalue weighted by Gasteiger charge is -2.27. The molecule has 7 nitrogen and oxygen atoms in total. The zero-order chi connectivity index (χ0) is 20.2. The fourth-order valence-corrected chi connectivity index (χ4v) is 2.91. The van der Waals surface area contributed by atoms with Crippen molar-refractivity contribution >= 4 is 11.9 Å². The van der Waals surface area contributed by atoms with Crippen LogP contribution in [0.25, 0.3) is 0 Å². The number of aliphatic imine (C=N–C) groups is 1. The molecule has 0 spiro atoms. The van der Waals surface area contributed by atoms with E-state index in [1.807, 2.05) is 0 Å². The third-order valence-electron chi connectivity index (χ3n) is 4.75. The number of nitrogens with zero attached hydrogens (tertiary/aromatic N) is 3. The lowest BCUT2D eigenvalue weighted by molar-refractivity contribution is -0.127. The van der Waals surface area contributed by atoms with E-state index in [9.17, 15) is 4.79 Å². The molecule has 0 bridgehead atoms. The van der Waals surface area contributed by atoms with Crippen LogP contribution in [0, 0.1) is 0 Å². The first-order valence-electron chi connectivity index (χ1n) is 10.2. The van der Waals surface area contributed by atoms with Crippen molar-refractivity contribution in [2.45, 2.75) is 32.9 Å². The van der Waals surface area contributed by atoms with Crippen molar-refractivity contribution in [3.8, 4) is 0 Å². The van der Waals surface area contributed by atoms with Crippen LogP contribution in [0.5, 0.6) is 0 Å². The van der Waals surface area contributed by atoms with Gasteiger partial charge in [0, 0.05) is 40.3 Å². The number of hydrogen-bond acceptors (Lipinski definition) is 4. The summed E-state index contributed by atoms with van der Waals surface area (Å²) in [7, 11) is 3.51. The molecule has 28 heavy (non-hydrogen) atoms. The standard InChI is InChI=1S/C21H35N5O2/c1-4-5-10-22-21(24-16-20(27)25(2)3)23-15-18-8-6-7-9-19(18)17-26-11-13-28-14-12-26/h6-9H,4-5,10-17H2,1-3H3,(H2,22,23,24). The number of rotatable bonds is 9. The highest BCUT2D eigenvalue weighted by atomic mass is 16.5. The fourth-order valence-electron chi connectivity index (χ4n) is 2.91. The molecule has 1 saturated heterocycles. The Labute approximate surface area is 169 Å². The molecule has 1 aliphatic heterocycles. The van der Waals surface area contributed by atoms with E-state index < -0.39 is 0 Å². The number of morpholine rings is 1. The highest BCUT2D eigenvalue weighted by Gasteiger charge is 2.13. The second-order valence-electron chi connectivity index (χ2n) is 7.24. The number of amides is 1. The van der Waals surface area contributed by atoms with E-state index in [-0.39, 0.29) is 12.5 Å². The summed E-state index contributed by atoms with van der Waals surface area (Å²) in [5.41, 5.74) is 2.51. The Bertz CT molecular complexity index is 627. The van der Waals surface area contributed by atoms with Crippen molar-refractivity contribution in [3.63, 3.8) is 0 Å². The SMILES string of the molecule is CCCCNC(=NCc1ccccc1CN1CCOCC1)NCC(=O)N(C)C. The Morgan fingerprint density at radius 1 is 1.18 bits per heavy atom.